The predicted molar refractivity (Wildman–Crippen MR) is 60.4 cm³/mol. The van der Waals surface area contributed by atoms with Gasteiger partial charge in [0.25, 0.3) is 0 Å². The average molecular weight is 195 g/mol. The summed E-state index contributed by atoms with van der Waals surface area (Å²) in [6.45, 7) is 6.20. The standard InChI is InChI=1S/C12H21NO/c1-2-3-10-14-11-9-13-12-7-5-4-6-8-12/h2,5,7,12-13H,1,3-4,6,8-11H2. The van der Waals surface area contributed by atoms with Crippen LogP contribution in [0.15, 0.2) is 24.8 Å². The molecule has 0 saturated heterocycles. The van der Waals surface area contributed by atoms with Gasteiger partial charge < -0.3 is 10.1 Å². The van der Waals surface area contributed by atoms with Gasteiger partial charge in [-0.1, -0.05) is 18.2 Å². The SMILES string of the molecule is C=CCCOCCNC1C=CCCC1. The van der Waals surface area contributed by atoms with Crippen molar-refractivity contribution in [3.63, 3.8) is 0 Å². The van der Waals surface area contributed by atoms with Crippen molar-refractivity contribution in [2.75, 3.05) is 19.8 Å². The molecule has 0 heterocycles. The molecule has 1 aliphatic carbocycles. The molecule has 0 aromatic carbocycles. The van der Waals surface area contributed by atoms with Crippen LogP contribution in [0, 0.1) is 0 Å². The van der Waals surface area contributed by atoms with Gasteiger partial charge in [-0.25, -0.2) is 0 Å². The van der Waals surface area contributed by atoms with E-state index in [1.165, 1.54) is 19.3 Å². The number of allylic oxidation sites excluding steroid dienone is 1. The second-order valence-electron chi connectivity index (χ2n) is 3.61. The fourth-order valence-corrected chi connectivity index (χ4v) is 1.57. The maximum absolute atomic E-state index is 5.41. The number of rotatable bonds is 7. The number of hydrogen-bond acceptors (Lipinski definition) is 2. The summed E-state index contributed by atoms with van der Waals surface area (Å²) >= 11 is 0. The molecule has 80 valence electrons. The Morgan fingerprint density at radius 2 is 2.43 bits per heavy atom. The Hall–Kier alpha value is -0.600. The minimum atomic E-state index is 0.576. The summed E-state index contributed by atoms with van der Waals surface area (Å²) in [7, 11) is 0. The Labute approximate surface area is 87.0 Å². The highest BCUT2D eigenvalue weighted by atomic mass is 16.5. The summed E-state index contributed by atoms with van der Waals surface area (Å²) in [5.74, 6) is 0. The van der Waals surface area contributed by atoms with Gasteiger partial charge in [0.2, 0.25) is 0 Å². The predicted octanol–water partition coefficient (Wildman–Crippen LogP) is 2.28. The van der Waals surface area contributed by atoms with Crippen molar-refractivity contribution < 1.29 is 4.74 Å². The van der Waals surface area contributed by atoms with Crippen molar-refractivity contribution in [3.8, 4) is 0 Å². The van der Waals surface area contributed by atoms with Crippen LogP contribution in [-0.4, -0.2) is 25.8 Å². The Balaban J connectivity index is 1.90. The highest BCUT2D eigenvalue weighted by Crippen LogP contribution is 2.09. The molecule has 0 bridgehead atoms. The number of nitrogens with one attached hydrogen (secondary N) is 1. The van der Waals surface area contributed by atoms with Gasteiger partial charge in [0.05, 0.1) is 13.2 Å². The molecule has 2 heteroatoms. The fourth-order valence-electron chi connectivity index (χ4n) is 1.57. The van der Waals surface area contributed by atoms with E-state index in [0.717, 1.165) is 26.2 Å². The average Bonchev–Trinajstić information content (AvgIpc) is 2.25. The topological polar surface area (TPSA) is 21.3 Å². The van der Waals surface area contributed by atoms with Crippen LogP contribution in [0.3, 0.4) is 0 Å². The first-order chi connectivity index (χ1) is 6.93. The molecule has 0 fully saturated rings. The van der Waals surface area contributed by atoms with E-state index in [1.807, 2.05) is 6.08 Å². The lowest BCUT2D eigenvalue weighted by Crippen LogP contribution is -2.31. The van der Waals surface area contributed by atoms with Crippen LogP contribution in [0.4, 0.5) is 0 Å². The first-order valence-electron chi connectivity index (χ1n) is 5.52. The maximum atomic E-state index is 5.41. The molecule has 0 aliphatic heterocycles. The molecule has 0 saturated carbocycles. The lowest BCUT2D eigenvalue weighted by atomic mass is 10.0. The minimum Gasteiger partial charge on any atom is -0.380 e. The minimum absolute atomic E-state index is 0.576. The lowest BCUT2D eigenvalue weighted by Gasteiger charge is -2.17. The monoisotopic (exact) mass is 195 g/mol. The van der Waals surface area contributed by atoms with Gasteiger partial charge in [-0.15, -0.1) is 6.58 Å². The zero-order valence-electron chi connectivity index (χ0n) is 8.87. The van der Waals surface area contributed by atoms with Crippen LogP contribution in [0.1, 0.15) is 25.7 Å². The molecule has 2 nitrogen and oxygen atoms in total. The Morgan fingerprint density at radius 1 is 1.50 bits per heavy atom. The molecule has 14 heavy (non-hydrogen) atoms. The van der Waals surface area contributed by atoms with Gasteiger partial charge >= 0.3 is 0 Å². The normalized spacial score (nSPS) is 21.0. The van der Waals surface area contributed by atoms with Gasteiger partial charge in [0, 0.05) is 12.6 Å². The maximum Gasteiger partial charge on any atom is 0.0591 e. The van der Waals surface area contributed by atoms with E-state index in [0.29, 0.717) is 6.04 Å². The second kappa shape index (κ2) is 7.77. The van der Waals surface area contributed by atoms with E-state index in [2.05, 4.69) is 24.0 Å². The van der Waals surface area contributed by atoms with E-state index >= 15 is 0 Å². The summed E-state index contributed by atoms with van der Waals surface area (Å²) in [5.41, 5.74) is 0. The quantitative estimate of drug-likeness (QED) is 0.497. The third-order valence-corrected chi connectivity index (χ3v) is 2.37. The van der Waals surface area contributed by atoms with Crippen molar-refractivity contribution >= 4 is 0 Å². The smallest absolute Gasteiger partial charge is 0.0591 e. The summed E-state index contributed by atoms with van der Waals surface area (Å²) in [6, 6.07) is 0.576. The van der Waals surface area contributed by atoms with Gasteiger partial charge in [-0.2, -0.15) is 0 Å². The summed E-state index contributed by atoms with van der Waals surface area (Å²) in [5, 5.41) is 3.46. The fraction of sp³-hybridized carbons (Fsp3) is 0.667. The molecule has 1 unspecified atom stereocenters. The third kappa shape index (κ3) is 5.20. The van der Waals surface area contributed by atoms with Crippen molar-refractivity contribution in [2.24, 2.45) is 0 Å². The molecule has 1 rings (SSSR count). The van der Waals surface area contributed by atoms with Crippen LogP contribution in [0.5, 0.6) is 0 Å². The van der Waals surface area contributed by atoms with E-state index in [1.54, 1.807) is 0 Å². The third-order valence-electron chi connectivity index (χ3n) is 2.37. The van der Waals surface area contributed by atoms with Crippen molar-refractivity contribution in [1.82, 2.24) is 5.32 Å². The molecule has 0 amide bonds. The van der Waals surface area contributed by atoms with Crippen LogP contribution in [0.2, 0.25) is 0 Å². The lowest BCUT2D eigenvalue weighted by molar-refractivity contribution is 0.139. The highest BCUT2D eigenvalue weighted by Gasteiger charge is 2.05. The largest absolute Gasteiger partial charge is 0.380 e. The van der Waals surface area contributed by atoms with Gasteiger partial charge in [0.1, 0.15) is 0 Å². The number of hydrogen-bond donors (Lipinski definition) is 1. The summed E-state index contributed by atoms with van der Waals surface area (Å²) in [6.07, 6.45) is 11.2. The molecule has 1 aliphatic rings. The first kappa shape index (κ1) is 11.5. The molecular formula is C12H21NO. The van der Waals surface area contributed by atoms with Crippen LogP contribution in [0.25, 0.3) is 0 Å². The van der Waals surface area contributed by atoms with Gasteiger partial charge in [-0.3, -0.25) is 0 Å². The van der Waals surface area contributed by atoms with Crippen molar-refractivity contribution in [1.29, 1.82) is 0 Å². The van der Waals surface area contributed by atoms with Gasteiger partial charge in [-0.05, 0) is 25.7 Å². The van der Waals surface area contributed by atoms with Crippen LogP contribution >= 0.6 is 0 Å². The molecule has 0 radical (unpaired) electrons. The molecule has 0 aromatic rings. The van der Waals surface area contributed by atoms with E-state index in [4.69, 9.17) is 4.74 Å². The van der Waals surface area contributed by atoms with Crippen molar-refractivity contribution in [3.05, 3.63) is 24.8 Å². The molecule has 0 spiro atoms. The molecule has 1 atom stereocenters. The van der Waals surface area contributed by atoms with E-state index in [-0.39, 0.29) is 0 Å². The molecular weight excluding hydrogens is 174 g/mol. The first-order valence-corrected chi connectivity index (χ1v) is 5.52. The molecule has 0 aromatic heterocycles. The second-order valence-corrected chi connectivity index (χ2v) is 3.61. The van der Waals surface area contributed by atoms with Gasteiger partial charge in [0.15, 0.2) is 0 Å². The Morgan fingerprint density at radius 3 is 3.14 bits per heavy atom. The Kier molecular flexibility index (Phi) is 6.37. The summed E-state index contributed by atoms with van der Waals surface area (Å²) in [4.78, 5) is 0. The zero-order valence-corrected chi connectivity index (χ0v) is 8.87. The van der Waals surface area contributed by atoms with Crippen LogP contribution in [-0.2, 0) is 4.74 Å². The van der Waals surface area contributed by atoms with E-state index < -0.39 is 0 Å². The highest BCUT2D eigenvalue weighted by molar-refractivity contribution is 4.97. The zero-order chi connectivity index (χ0) is 10.1. The van der Waals surface area contributed by atoms with Crippen LogP contribution < -0.4 is 5.32 Å². The number of ether oxygens (including phenoxy) is 1. The Bertz CT molecular complexity index is 177. The molecule has 1 N–H and O–H groups in total. The van der Waals surface area contributed by atoms with E-state index in [9.17, 15) is 0 Å². The summed E-state index contributed by atoms with van der Waals surface area (Å²) < 4.78 is 5.41. The van der Waals surface area contributed by atoms with Crippen molar-refractivity contribution in [2.45, 2.75) is 31.7 Å².